The lowest BCUT2D eigenvalue weighted by atomic mass is 9.96. The van der Waals surface area contributed by atoms with Crippen LogP contribution in [-0.4, -0.2) is 39.9 Å². The van der Waals surface area contributed by atoms with Gasteiger partial charge in [-0.25, -0.2) is 0 Å². The molecule has 26 heavy (non-hydrogen) atoms. The summed E-state index contributed by atoms with van der Waals surface area (Å²) >= 11 is 6.29. The van der Waals surface area contributed by atoms with Crippen molar-refractivity contribution in [1.82, 2.24) is 19.7 Å². The maximum absolute atomic E-state index is 6.29. The number of ether oxygens (including phenoxy) is 1. The Labute approximate surface area is 160 Å². The monoisotopic (exact) mass is 374 g/mol. The van der Waals surface area contributed by atoms with Crippen molar-refractivity contribution in [3.8, 4) is 5.75 Å². The summed E-state index contributed by atoms with van der Waals surface area (Å²) in [7, 11) is 1.65. The Morgan fingerprint density at radius 2 is 2.08 bits per heavy atom. The first kappa shape index (κ1) is 17.8. The molecule has 2 aliphatic heterocycles. The third kappa shape index (κ3) is 3.74. The quantitative estimate of drug-likeness (QED) is 0.809. The van der Waals surface area contributed by atoms with Crippen LogP contribution in [0.2, 0.25) is 5.02 Å². The van der Waals surface area contributed by atoms with E-state index >= 15 is 0 Å². The van der Waals surface area contributed by atoms with Crippen LogP contribution in [0.3, 0.4) is 0 Å². The standard InChI is InChI=1S/C20H27ClN4O/c1-26-18-9-8-15(12-17(18)21)13-24-10-5-6-16(14-24)20-23-22-19-7-3-2-4-11-25(19)20/h8-9,12,16H,2-7,10-11,13-14H2,1H3/t16-/m1/s1. The van der Waals surface area contributed by atoms with Gasteiger partial charge in [0.2, 0.25) is 0 Å². The predicted octanol–water partition coefficient (Wildman–Crippen LogP) is 4.05. The van der Waals surface area contributed by atoms with Gasteiger partial charge < -0.3 is 9.30 Å². The maximum Gasteiger partial charge on any atom is 0.137 e. The summed E-state index contributed by atoms with van der Waals surface area (Å²) in [6, 6.07) is 6.09. The number of benzene rings is 1. The highest BCUT2D eigenvalue weighted by Crippen LogP contribution is 2.30. The SMILES string of the molecule is COc1ccc(CN2CCC[C@@H](c3nnc4n3CCCCC4)C2)cc1Cl. The summed E-state index contributed by atoms with van der Waals surface area (Å²) < 4.78 is 7.66. The zero-order valence-electron chi connectivity index (χ0n) is 15.5. The molecule has 0 amide bonds. The number of fused-ring (bicyclic) bond motifs is 1. The number of aromatic nitrogens is 3. The van der Waals surface area contributed by atoms with E-state index in [4.69, 9.17) is 16.3 Å². The highest BCUT2D eigenvalue weighted by Gasteiger charge is 2.27. The van der Waals surface area contributed by atoms with Gasteiger partial charge in [0.1, 0.15) is 17.4 Å². The van der Waals surface area contributed by atoms with Gasteiger partial charge in [-0.2, -0.15) is 0 Å². The molecule has 140 valence electrons. The number of likely N-dealkylation sites (tertiary alicyclic amines) is 1. The van der Waals surface area contributed by atoms with Gasteiger partial charge in [-0.05, 0) is 49.9 Å². The summed E-state index contributed by atoms with van der Waals surface area (Å²) in [5.74, 6) is 3.62. The first-order chi connectivity index (χ1) is 12.7. The van der Waals surface area contributed by atoms with Crippen LogP contribution in [0.4, 0.5) is 0 Å². The molecule has 0 aliphatic carbocycles. The molecule has 4 rings (SSSR count). The van der Waals surface area contributed by atoms with Crippen LogP contribution in [-0.2, 0) is 19.5 Å². The molecule has 1 fully saturated rings. The van der Waals surface area contributed by atoms with Crippen molar-refractivity contribution in [3.63, 3.8) is 0 Å². The molecule has 0 saturated carbocycles. The second-order valence-electron chi connectivity index (χ2n) is 7.48. The van der Waals surface area contributed by atoms with E-state index in [-0.39, 0.29) is 0 Å². The van der Waals surface area contributed by atoms with Gasteiger partial charge in [0.15, 0.2) is 0 Å². The third-order valence-electron chi connectivity index (χ3n) is 5.63. The smallest absolute Gasteiger partial charge is 0.137 e. The van der Waals surface area contributed by atoms with E-state index in [1.807, 2.05) is 12.1 Å². The molecule has 5 nitrogen and oxygen atoms in total. The summed E-state index contributed by atoms with van der Waals surface area (Å²) in [5.41, 5.74) is 1.23. The summed E-state index contributed by atoms with van der Waals surface area (Å²) in [6.07, 6.45) is 7.28. The number of methoxy groups -OCH3 is 1. The fraction of sp³-hybridized carbons (Fsp3) is 0.600. The Morgan fingerprint density at radius 1 is 1.15 bits per heavy atom. The van der Waals surface area contributed by atoms with E-state index < -0.39 is 0 Å². The van der Waals surface area contributed by atoms with Gasteiger partial charge in [-0.1, -0.05) is 24.1 Å². The van der Waals surface area contributed by atoms with Crippen LogP contribution >= 0.6 is 11.6 Å². The van der Waals surface area contributed by atoms with Crippen LogP contribution in [0.15, 0.2) is 18.2 Å². The Kier molecular flexibility index (Phi) is 5.46. The average Bonchev–Trinajstić information content (AvgIpc) is 2.91. The lowest BCUT2D eigenvalue weighted by Gasteiger charge is -2.32. The van der Waals surface area contributed by atoms with E-state index in [2.05, 4.69) is 25.7 Å². The fourth-order valence-corrected chi connectivity index (χ4v) is 4.57. The van der Waals surface area contributed by atoms with E-state index in [9.17, 15) is 0 Å². The van der Waals surface area contributed by atoms with E-state index in [0.717, 1.165) is 38.3 Å². The lowest BCUT2D eigenvalue weighted by molar-refractivity contribution is 0.194. The molecule has 1 aromatic heterocycles. The maximum atomic E-state index is 6.29. The second kappa shape index (κ2) is 7.97. The summed E-state index contributed by atoms with van der Waals surface area (Å²) in [5, 5.41) is 9.77. The van der Waals surface area contributed by atoms with Crippen molar-refractivity contribution in [2.75, 3.05) is 20.2 Å². The first-order valence-corrected chi connectivity index (χ1v) is 10.1. The predicted molar refractivity (Wildman–Crippen MR) is 103 cm³/mol. The topological polar surface area (TPSA) is 43.2 Å². The number of aryl methyl sites for hydroxylation is 1. The molecule has 2 aromatic rings. The van der Waals surface area contributed by atoms with E-state index in [1.54, 1.807) is 7.11 Å². The van der Waals surface area contributed by atoms with Crippen molar-refractivity contribution in [3.05, 3.63) is 40.4 Å². The van der Waals surface area contributed by atoms with Crippen LogP contribution in [0.5, 0.6) is 5.75 Å². The Bertz CT molecular complexity index is 760. The highest BCUT2D eigenvalue weighted by atomic mass is 35.5. The number of rotatable bonds is 4. The molecule has 0 spiro atoms. The zero-order valence-corrected chi connectivity index (χ0v) is 16.2. The minimum atomic E-state index is 0.483. The molecule has 0 N–H and O–H groups in total. The molecule has 2 aliphatic rings. The van der Waals surface area contributed by atoms with E-state index in [1.165, 1.54) is 49.3 Å². The fourth-order valence-electron chi connectivity index (χ4n) is 4.29. The second-order valence-corrected chi connectivity index (χ2v) is 7.89. The molecule has 1 aromatic carbocycles. The van der Waals surface area contributed by atoms with Gasteiger partial charge >= 0.3 is 0 Å². The summed E-state index contributed by atoms with van der Waals surface area (Å²) in [6.45, 7) is 4.17. The number of nitrogens with zero attached hydrogens (tertiary/aromatic N) is 4. The van der Waals surface area contributed by atoms with Crippen LogP contribution in [0, 0.1) is 0 Å². The minimum absolute atomic E-state index is 0.483. The highest BCUT2D eigenvalue weighted by molar-refractivity contribution is 6.32. The molecule has 0 bridgehead atoms. The third-order valence-corrected chi connectivity index (χ3v) is 5.93. The van der Waals surface area contributed by atoms with Crippen molar-refractivity contribution >= 4 is 11.6 Å². The van der Waals surface area contributed by atoms with Crippen LogP contribution < -0.4 is 4.74 Å². The number of halogens is 1. The molecule has 1 saturated heterocycles. The van der Waals surface area contributed by atoms with Crippen molar-refractivity contribution in [1.29, 1.82) is 0 Å². The van der Waals surface area contributed by atoms with Crippen LogP contribution in [0.25, 0.3) is 0 Å². The number of hydrogen-bond acceptors (Lipinski definition) is 4. The average molecular weight is 375 g/mol. The molecule has 1 atom stereocenters. The van der Waals surface area contributed by atoms with Gasteiger partial charge in [0, 0.05) is 32.0 Å². The molecular weight excluding hydrogens is 348 g/mol. The van der Waals surface area contributed by atoms with Crippen molar-refractivity contribution in [2.24, 2.45) is 0 Å². The number of hydrogen-bond donors (Lipinski definition) is 0. The van der Waals surface area contributed by atoms with Gasteiger partial charge in [-0.15, -0.1) is 10.2 Å². The Hall–Kier alpha value is -1.59. The largest absolute Gasteiger partial charge is 0.495 e. The molecule has 0 unspecified atom stereocenters. The van der Waals surface area contributed by atoms with Crippen LogP contribution in [0.1, 0.15) is 55.2 Å². The molecular formula is C20H27ClN4O. The molecule has 6 heteroatoms. The van der Waals surface area contributed by atoms with Gasteiger partial charge in [-0.3, -0.25) is 4.90 Å². The zero-order chi connectivity index (χ0) is 17.9. The minimum Gasteiger partial charge on any atom is -0.495 e. The Balaban J connectivity index is 1.46. The van der Waals surface area contributed by atoms with Gasteiger partial charge in [0.05, 0.1) is 12.1 Å². The lowest BCUT2D eigenvalue weighted by Crippen LogP contribution is -2.35. The molecule has 0 radical (unpaired) electrons. The number of piperidine rings is 1. The summed E-state index contributed by atoms with van der Waals surface area (Å²) in [4.78, 5) is 2.52. The molecule has 3 heterocycles. The van der Waals surface area contributed by atoms with Crippen molar-refractivity contribution < 1.29 is 4.74 Å². The van der Waals surface area contributed by atoms with Crippen molar-refractivity contribution in [2.45, 2.75) is 57.5 Å². The normalized spacial score (nSPS) is 21.2. The first-order valence-electron chi connectivity index (χ1n) is 9.71. The van der Waals surface area contributed by atoms with E-state index in [0.29, 0.717) is 10.9 Å². The Morgan fingerprint density at radius 3 is 2.92 bits per heavy atom. The van der Waals surface area contributed by atoms with Gasteiger partial charge in [0.25, 0.3) is 0 Å².